The van der Waals surface area contributed by atoms with Crippen LogP contribution < -0.4 is 10.6 Å². The number of nitrogens with one attached hydrogen (secondary N) is 2. The monoisotopic (exact) mass is 280 g/mol. The van der Waals surface area contributed by atoms with Gasteiger partial charge in [0.2, 0.25) is 5.91 Å². The lowest BCUT2D eigenvalue weighted by Crippen LogP contribution is -2.39. The molecule has 0 aromatic rings. The van der Waals surface area contributed by atoms with Crippen LogP contribution in [-0.4, -0.2) is 31.7 Å². The maximum Gasteiger partial charge on any atom is 0.391 e. The molecule has 0 aromatic heterocycles. The summed E-state index contributed by atoms with van der Waals surface area (Å²) in [4.78, 5) is 11.8. The molecule has 1 aliphatic carbocycles. The normalized spacial score (nSPS) is 24.2. The molecule has 1 saturated carbocycles. The number of amides is 1. The summed E-state index contributed by atoms with van der Waals surface area (Å²) in [5.74, 6) is -2.02. The Balaban J connectivity index is 2.28. The number of carbonyl (C=O) groups excluding carboxylic acids is 1. The number of hydrogen-bond donors (Lipinski definition) is 2. The second-order valence-corrected chi connectivity index (χ2v) is 5.14. The summed E-state index contributed by atoms with van der Waals surface area (Å²) >= 11 is 0. The summed E-state index contributed by atoms with van der Waals surface area (Å²) in [7, 11) is 0. The maximum atomic E-state index is 12.6. The first kappa shape index (κ1) is 16.3. The zero-order valence-electron chi connectivity index (χ0n) is 11.4. The van der Waals surface area contributed by atoms with E-state index in [1.165, 1.54) is 0 Å². The topological polar surface area (TPSA) is 41.1 Å². The van der Waals surface area contributed by atoms with Crippen molar-refractivity contribution in [1.29, 1.82) is 0 Å². The fourth-order valence-electron chi connectivity index (χ4n) is 2.45. The van der Waals surface area contributed by atoms with Crippen molar-refractivity contribution in [2.24, 2.45) is 11.8 Å². The predicted octanol–water partition coefficient (Wildman–Crippen LogP) is 2.47. The molecule has 112 valence electrons. The lowest BCUT2D eigenvalue weighted by atomic mass is 9.80. The van der Waals surface area contributed by atoms with Gasteiger partial charge in [0.05, 0.1) is 5.92 Å². The summed E-state index contributed by atoms with van der Waals surface area (Å²) in [6.07, 6.45) is -1.99. The highest BCUT2D eigenvalue weighted by Gasteiger charge is 2.43. The first-order chi connectivity index (χ1) is 8.95. The summed E-state index contributed by atoms with van der Waals surface area (Å²) in [5, 5.41) is 5.85. The smallest absolute Gasteiger partial charge is 0.355 e. The Bertz CT molecular complexity index is 282. The second-order valence-electron chi connectivity index (χ2n) is 5.14. The molecule has 1 amide bonds. The second kappa shape index (κ2) is 7.72. The average Bonchev–Trinajstić information content (AvgIpc) is 2.37. The van der Waals surface area contributed by atoms with Crippen LogP contribution in [0, 0.1) is 11.8 Å². The van der Waals surface area contributed by atoms with E-state index in [9.17, 15) is 18.0 Å². The Morgan fingerprint density at radius 2 is 1.95 bits per heavy atom. The highest BCUT2D eigenvalue weighted by molar-refractivity contribution is 5.78. The minimum atomic E-state index is -4.17. The van der Waals surface area contributed by atoms with Gasteiger partial charge in [0.15, 0.2) is 0 Å². The third-order valence-electron chi connectivity index (χ3n) is 3.54. The maximum absolute atomic E-state index is 12.6. The van der Waals surface area contributed by atoms with Gasteiger partial charge in [-0.25, -0.2) is 0 Å². The van der Waals surface area contributed by atoms with E-state index in [0.29, 0.717) is 25.9 Å². The minimum absolute atomic E-state index is 0.0578. The van der Waals surface area contributed by atoms with Crippen LogP contribution in [0.4, 0.5) is 13.2 Å². The molecule has 2 atom stereocenters. The lowest BCUT2D eigenvalue weighted by Gasteiger charge is -2.29. The van der Waals surface area contributed by atoms with Gasteiger partial charge in [-0.3, -0.25) is 4.79 Å². The van der Waals surface area contributed by atoms with Crippen LogP contribution in [0.25, 0.3) is 0 Å². The molecule has 1 fully saturated rings. The van der Waals surface area contributed by atoms with E-state index < -0.39 is 18.0 Å². The van der Waals surface area contributed by atoms with E-state index in [1.807, 2.05) is 6.92 Å². The van der Waals surface area contributed by atoms with Crippen molar-refractivity contribution in [2.45, 2.75) is 45.2 Å². The first-order valence-corrected chi connectivity index (χ1v) is 7.00. The first-order valence-electron chi connectivity index (χ1n) is 7.00. The van der Waals surface area contributed by atoms with Gasteiger partial charge in [0.1, 0.15) is 0 Å². The molecule has 0 bridgehead atoms. The van der Waals surface area contributed by atoms with Crippen molar-refractivity contribution in [1.82, 2.24) is 10.6 Å². The van der Waals surface area contributed by atoms with Crippen LogP contribution in [0.3, 0.4) is 0 Å². The van der Waals surface area contributed by atoms with Gasteiger partial charge < -0.3 is 10.6 Å². The molecule has 0 heterocycles. The van der Waals surface area contributed by atoms with Gasteiger partial charge in [0, 0.05) is 19.0 Å². The van der Waals surface area contributed by atoms with Gasteiger partial charge >= 0.3 is 6.18 Å². The Morgan fingerprint density at radius 1 is 1.21 bits per heavy atom. The summed E-state index contributed by atoms with van der Waals surface area (Å²) in [5.41, 5.74) is 0. The summed E-state index contributed by atoms with van der Waals surface area (Å²) in [6, 6.07) is 0. The molecule has 3 nitrogen and oxygen atoms in total. The molecule has 0 aliphatic heterocycles. The molecule has 0 aromatic carbocycles. The van der Waals surface area contributed by atoms with Crippen molar-refractivity contribution in [3.63, 3.8) is 0 Å². The number of alkyl halides is 3. The van der Waals surface area contributed by atoms with E-state index in [0.717, 1.165) is 13.0 Å². The summed E-state index contributed by atoms with van der Waals surface area (Å²) < 4.78 is 37.9. The van der Waals surface area contributed by atoms with E-state index in [1.54, 1.807) is 0 Å². The van der Waals surface area contributed by atoms with Gasteiger partial charge in [-0.2, -0.15) is 13.2 Å². The van der Waals surface area contributed by atoms with E-state index in [4.69, 9.17) is 0 Å². The van der Waals surface area contributed by atoms with Crippen molar-refractivity contribution in [3.8, 4) is 0 Å². The highest BCUT2D eigenvalue weighted by atomic mass is 19.4. The standard InChI is InChI=1S/C13H23F3N2O/c1-2-6-17-7-8-18-12(19)10-4-3-5-11(9-10)13(14,15)16/h10-11,17H,2-9H2,1H3,(H,18,19). The summed E-state index contributed by atoms with van der Waals surface area (Å²) in [6.45, 7) is 4.07. The fraction of sp³-hybridized carbons (Fsp3) is 0.923. The van der Waals surface area contributed by atoms with Crippen LogP contribution >= 0.6 is 0 Å². The zero-order chi connectivity index (χ0) is 14.3. The molecule has 6 heteroatoms. The SMILES string of the molecule is CCCNCCNC(=O)C1CCCC(C(F)(F)F)C1. The number of rotatable bonds is 6. The van der Waals surface area contributed by atoms with Gasteiger partial charge in [-0.1, -0.05) is 13.3 Å². The molecule has 1 aliphatic rings. The predicted molar refractivity (Wildman–Crippen MR) is 67.7 cm³/mol. The number of carbonyl (C=O) groups is 1. The molecule has 2 N–H and O–H groups in total. The van der Waals surface area contributed by atoms with Crippen LogP contribution in [0.15, 0.2) is 0 Å². The van der Waals surface area contributed by atoms with E-state index in [-0.39, 0.29) is 18.7 Å². The quantitative estimate of drug-likeness (QED) is 0.734. The molecule has 1 rings (SSSR count). The molecule has 0 spiro atoms. The highest BCUT2D eigenvalue weighted by Crippen LogP contribution is 2.39. The Morgan fingerprint density at radius 3 is 2.58 bits per heavy atom. The molecule has 2 unspecified atom stereocenters. The minimum Gasteiger partial charge on any atom is -0.355 e. The molecule has 0 radical (unpaired) electrons. The van der Waals surface area contributed by atoms with Crippen molar-refractivity contribution in [2.75, 3.05) is 19.6 Å². The third kappa shape index (κ3) is 5.80. The van der Waals surface area contributed by atoms with Crippen molar-refractivity contribution in [3.05, 3.63) is 0 Å². The van der Waals surface area contributed by atoms with E-state index >= 15 is 0 Å². The zero-order valence-corrected chi connectivity index (χ0v) is 11.4. The third-order valence-corrected chi connectivity index (χ3v) is 3.54. The Hall–Kier alpha value is -0.780. The van der Waals surface area contributed by atoms with Gasteiger partial charge in [0.25, 0.3) is 0 Å². The average molecular weight is 280 g/mol. The molecular formula is C13H23F3N2O. The van der Waals surface area contributed by atoms with Gasteiger partial charge in [-0.15, -0.1) is 0 Å². The molecule has 0 saturated heterocycles. The van der Waals surface area contributed by atoms with Crippen molar-refractivity contribution >= 4 is 5.91 Å². The van der Waals surface area contributed by atoms with Crippen LogP contribution in [0.5, 0.6) is 0 Å². The fourth-order valence-corrected chi connectivity index (χ4v) is 2.45. The Kier molecular flexibility index (Phi) is 6.62. The van der Waals surface area contributed by atoms with E-state index in [2.05, 4.69) is 10.6 Å². The Labute approximate surface area is 112 Å². The molecule has 19 heavy (non-hydrogen) atoms. The molecular weight excluding hydrogens is 257 g/mol. The number of hydrogen-bond acceptors (Lipinski definition) is 2. The van der Waals surface area contributed by atoms with Crippen LogP contribution in [0.1, 0.15) is 39.0 Å². The number of halogens is 3. The lowest BCUT2D eigenvalue weighted by molar-refractivity contribution is -0.186. The van der Waals surface area contributed by atoms with Gasteiger partial charge in [-0.05, 0) is 32.2 Å². The van der Waals surface area contributed by atoms with Crippen LogP contribution in [-0.2, 0) is 4.79 Å². The largest absolute Gasteiger partial charge is 0.391 e. The van der Waals surface area contributed by atoms with Crippen LogP contribution in [0.2, 0.25) is 0 Å². The van der Waals surface area contributed by atoms with Crippen molar-refractivity contribution < 1.29 is 18.0 Å².